The lowest BCUT2D eigenvalue weighted by Gasteiger charge is -2.07. The van der Waals surface area contributed by atoms with Gasteiger partial charge in [-0.05, 0) is 12.1 Å². The van der Waals surface area contributed by atoms with Crippen LogP contribution < -0.4 is 16.6 Å². The van der Waals surface area contributed by atoms with Crippen molar-refractivity contribution in [2.45, 2.75) is 6.54 Å². The van der Waals surface area contributed by atoms with E-state index in [1.54, 1.807) is 0 Å². The number of rotatable bonds is 3. The van der Waals surface area contributed by atoms with Gasteiger partial charge in [-0.15, -0.1) is 0 Å². The Bertz CT molecular complexity index is 467. The lowest BCUT2D eigenvalue weighted by atomic mass is 10.3. The first-order valence-corrected chi connectivity index (χ1v) is 4.97. The quantitative estimate of drug-likeness (QED) is 0.308. The molecule has 1 aromatic heterocycles. The van der Waals surface area contributed by atoms with E-state index in [2.05, 4.69) is 30.4 Å². The second-order valence-electron chi connectivity index (χ2n) is 3.15. The van der Waals surface area contributed by atoms with Crippen molar-refractivity contribution in [1.82, 2.24) is 15.6 Å². The number of hydrogen-bond donors (Lipinski definition) is 3. The Balaban J connectivity index is 1.99. The molecule has 0 fully saturated rings. The fourth-order valence-electron chi connectivity index (χ4n) is 1.19. The molecule has 0 amide bonds. The molecule has 17 heavy (non-hydrogen) atoms. The van der Waals surface area contributed by atoms with Gasteiger partial charge >= 0.3 is 0 Å². The summed E-state index contributed by atoms with van der Waals surface area (Å²) in [6, 6.07) is 9.56. The van der Waals surface area contributed by atoms with E-state index in [0.717, 1.165) is 5.69 Å². The molecule has 0 aliphatic heterocycles. The molecule has 0 atom stereocenters. The van der Waals surface area contributed by atoms with Crippen LogP contribution in [0, 0.1) is 0 Å². The van der Waals surface area contributed by atoms with Crippen LogP contribution in [0.2, 0.25) is 0 Å². The number of nitrogens with zero attached hydrogens (tertiary/aromatic N) is 3. The Hall–Kier alpha value is -2.41. The van der Waals surface area contributed by atoms with Crippen LogP contribution in [0.15, 0.2) is 46.2 Å². The first-order valence-electron chi connectivity index (χ1n) is 4.97. The largest absolute Gasteiger partial charge is 0.343 e. The van der Waals surface area contributed by atoms with Crippen molar-refractivity contribution in [2.75, 3.05) is 5.32 Å². The summed E-state index contributed by atoms with van der Waals surface area (Å²) in [7, 11) is 0. The van der Waals surface area contributed by atoms with Gasteiger partial charge in [0.15, 0.2) is 5.82 Å². The molecule has 7 nitrogen and oxygen atoms in total. The number of benzene rings is 1. The van der Waals surface area contributed by atoms with E-state index in [4.69, 9.17) is 5.84 Å². The van der Waals surface area contributed by atoms with Crippen molar-refractivity contribution in [2.24, 2.45) is 10.8 Å². The molecular formula is C10H12N6O. The van der Waals surface area contributed by atoms with Crippen molar-refractivity contribution < 1.29 is 4.52 Å². The number of aliphatic imine (C=N–C) groups is 1. The van der Waals surface area contributed by atoms with E-state index in [1.807, 2.05) is 30.3 Å². The Morgan fingerprint density at radius 1 is 1.35 bits per heavy atom. The summed E-state index contributed by atoms with van der Waals surface area (Å²) in [5.41, 5.74) is 3.35. The van der Waals surface area contributed by atoms with Gasteiger partial charge in [-0.1, -0.05) is 23.4 Å². The van der Waals surface area contributed by atoms with Crippen LogP contribution in [0.3, 0.4) is 0 Å². The highest BCUT2D eigenvalue weighted by molar-refractivity contribution is 5.93. The lowest BCUT2D eigenvalue weighted by molar-refractivity contribution is 0.410. The zero-order chi connectivity index (χ0) is 11.9. The van der Waals surface area contributed by atoms with Crippen LogP contribution in [0.25, 0.3) is 0 Å². The predicted molar refractivity (Wildman–Crippen MR) is 62.8 cm³/mol. The number of anilines is 1. The number of para-hydroxylation sites is 1. The molecule has 0 saturated carbocycles. The maximum Gasteiger partial charge on any atom is 0.213 e. The molecule has 1 aromatic carbocycles. The van der Waals surface area contributed by atoms with E-state index in [1.165, 1.54) is 6.39 Å². The maximum absolute atomic E-state index is 5.35. The first kappa shape index (κ1) is 11.1. The minimum Gasteiger partial charge on any atom is -0.343 e. The topological polar surface area (TPSA) is 101 Å². The Labute approximate surface area is 97.7 Å². The molecule has 4 N–H and O–H groups in total. The maximum atomic E-state index is 5.35. The summed E-state index contributed by atoms with van der Waals surface area (Å²) in [6.45, 7) is 0.288. The van der Waals surface area contributed by atoms with E-state index >= 15 is 0 Å². The molecule has 7 heteroatoms. The molecule has 0 spiro atoms. The second kappa shape index (κ2) is 5.61. The van der Waals surface area contributed by atoms with E-state index in [-0.39, 0.29) is 6.54 Å². The highest BCUT2D eigenvalue weighted by atomic mass is 16.5. The third kappa shape index (κ3) is 3.28. The summed E-state index contributed by atoms with van der Waals surface area (Å²) in [6.07, 6.45) is 1.25. The monoisotopic (exact) mass is 232 g/mol. The minimum absolute atomic E-state index is 0.288. The van der Waals surface area contributed by atoms with E-state index in [9.17, 15) is 0 Å². The number of hydrogen-bond acceptors (Lipinski definition) is 5. The summed E-state index contributed by atoms with van der Waals surface area (Å²) >= 11 is 0. The van der Waals surface area contributed by atoms with E-state index < -0.39 is 0 Å². The summed E-state index contributed by atoms with van der Waals surface area (Å²) < 4.78 is 4.60. The number of nitrogens with one attached hydrogen (secondary N) is 2. The zero-order valence-electron chi connectivity index (χ0n) is 9.00. The van der Waals surface area contributed by atoms with Crippen LogP contribution in [-0.4, -0.2) is 16.1 Å². The highest BCUT2D eigenvalue weighted by Gasteiger charge is 1.99. The summed E-state index contributed by atoms with van der Waals surface area (Å²) in [5, 5.41) is 6.66. The molecule has 2 aromatic rings. The Kier molecular flexibility index (Phi) is 3.66. The molecule has 0 bridgehead atoms. The third-order valence-electron chi connectivity index (χ3n) is 1.96. The fourth-order valence-corrected chi connectivity index (χ4v) is 1.19. The van der Waals surface area contributed by atoms with Gasteiger partial charge in [-0.3, -0.25) is 5.43 Å². The van der Waals surface area contributed by atoms with Gasteiger partial charge in [0, 0.05) is 5.69 Å². The molecule has 2 rings (SSSR count). The fraction of sp³-hybridized carbons (Fsp3) is 0.100. The predicted octanol–water partition coefficient (Wildman–Crippen LogP) is 0.501. The van der Waals surface area contributed by atoms with Gasteiger partial charge in [-0.25, -0.2) is 10.8 Å². The van der Waals surface area contributed by atoms with Crippen molar-refractivity contribution >= 4 is 11.6 Å². The smallest absolute Gasteiger partial charge is 0.213 e. The Morgan fingerprint density at radius 2 is 2.18 bits per heavy atom. The molecular weight excluding hydrogens is 220 g/mol. The number of nitrogens with two attached hydrogens (primary N) is 1. The van der Waals surface area contributed by atoms with Crippen LogP contribution in [-0.2, 0) is 6.54 Å². The average Bonchev–Trinajstić information content (AvgIpc) is 2.89. The minimum atomic E-state index is 0.288. The molecule has 0 saturated heterocycles. The molecule has 88 valence electrons. The van der Waals surface area contributed by atoms with Gasteiger partial charge in [0.25, 0.3) is 0 Å². The van der Waals surface area contributed by atoms with Crippen molar-refractivity contribution in [3.8, 4) is 0 Å². The highest BCUT2D eigenvalue weighted by Crippen LogP contribution is 2.04. The van der Waals surface area contributed by atoms with Crippen LogP contribution in [0.5, 0.6) is 0 Å². The van der Waals surface area contributed by atoms with Gasteiger partial charge in [-0.2, -0.15) is 4.98 Å². The molecule has 0 aliphatic carbocycles. The van der Waals surface area contributed by atoms with Gasteiger partial charge in [0.05, 0.1) is 0 Å². The third-order valence-corrected chi connectivity index (χ3v) is 1.96. The number of guanidine groups is 1. The molecule has 0 aliphatic rings. The van der Waals surface area contributed by atoms with E-state index in [0.29, 0.717) is 11.8 Å². The van der Waals surface area contributed by atoms with Crippen LogP contribution in [0.4, 0.5) is 5.69 Å². The van der Waals surface area contributed by atoms with Crippen LogP contribution >= 0.6 is 0 Å². The van der Waals surface area contributed by atoms with Crippen molar-refractivity contribution in [3.05, 3.63) is 42.5 Å². The molecule has 1 heterocycles. The van der Waals surface area contributed by atoms with Gasteiger partial charge in [0.2, 0.25) is 12.4 Å². The summed E-state index contributed by atoms with van der Waals surface area (Å²) in [4.78, 5) is 8.01. The number of aromatic nitrogens is 2. The van der Waals surface area contributed by atoms with Crippen molar-refractivity contribution in [3.63, 3.8) is 0 Å². The lowest BCUT2D eigenvalue weighted by Crippen LogP contribution is -2.36. The average molecular weight is 232 g/mol. The second-order valence-corrected chi connectivity index (χ2v) is 3.15. The SMILES string of the molecule is NNC(=NCc1ncon1)Nc1ccccc1. The zero-order valence-corrected chi connectivity index (χ0v) is 9.00. The normalized spacial score (nSPS) is 11.2. The molecule has 0 unspecified atom stereocenters. The Morgan fingerprint density at radius 3 is 2.82 bits per heavy atom. The first-order chi connectivity index (χ1) is 8.38. The standard InChI is InChI=1S/C10H12N6O/c11-15-10(12-6-9-13-7-17-16-9)14-8-4-2-1-3-5-8/h1-5,7H,6,11H2,(H2,12,14,15). The van der Waals surface area contributed by atoms with Gasteiger partial charge < -0.3 is 9.84 Å². The molecule has 0 radical (unpaired) electrons. The summed E-state index contributed by atoms with van der Waals surface area (Å²) in [5.74, 6) is 6.28. The number of hydrazine groups is 1. The van der Waals surface area contributed by atoms with Crippen LogP contribution in [0.1, 0.15) is 5.82 Å². The van der Waals surface area contributed by atoms with Crippen molar-refractivity contribution in [1.29, 1.82) is 0 Å². The van der Waals surface area contributed by atoms with Gasteiger partial charge in [0.1, 0.15) is 6.54 Å².